The van der Waals surface area contributed by atoms with Gasteiger partial charge in [-0.05, 0) is 45.0 Å². The summed E-state index contributed by atoms with van der Waals surface area (Å²) < 4.78 is 42.3. The van der Waals surface area contributed by atoms with Gasteiger partial charge >= 0.3 is 6.09 Å². The molecule has 0 unspecified atom stereocenters. The minimum Gasteiger partial charge on any atom is -0.496 e. The smallest absolute Gasteiger partial charge is 0.410 e. The molecular formula is C30H32ClF2N7O3. The first-order chi connectivity index (χ1) is 20.6. The Morgan fingerprint density at radius 1 is 1.00 bits per heavy atom. The van der Waals surface area contributed by atoms with Gasteiger partial charge in [0.25, 0.3) is 0 Å². The Hall–Kier alpha value is -4.16. The first kappa shape index (κ1) is 30.3. The largest absolute Gasteiger partial charge is 0.496 e. The van der Waals surface area contributed by atoms with Crippen LogP contribution in [0, 0.1) is 11.6 Å². The molecule has 0 radical (unpaired) electrons. The molecule has 2 aromatic carbocycles. The summed E-state index contributed by atoms with van der Waals surface area (Å²) in [5.74, 6) is -0.00683. The molecular weight excluding hydrogens is 580 g/mol. The minimum absolute atomic E-state index is 0.0160. The van der Waals surface area contributed by atoms with Crippen LogP contribution < -0.4 is 15.0 Å². The van der Waals surface area contributed by atoms with E-state index in [-0.39, 0.29) is 34.0 Å². The average Bonchev–Trinajstić information content (AvgIpc) is 2.97. The molecule has 1 saturated heterocycles. The summed E-state index contributed by atoms with van der Waals surface area (Å²) in [6.45, 7) is 7.55. The molecule has 1 amide bonds. The van der Waals surface area contributed by atoms with Gasteiger partial charge in [0.05, 0.1) is 30.8 Å². The van der Waals surface area contributed by atoms with Crippen LogP contribution >= 0.6 is 11.6 Å². The molecule has 2 aromatic heterocycles. The number of methoxy groups -OCH3 is 1. The van der Waals surface area contributed by atoms with E-state index in [1.807, 2.05) is 25.7 Å². The second-order valence-electron chi connectivity index (χ2n) is 10.9. The zero-order valence-electron chi connectivity index (χ0n) is 24.3. The van der Waals surface area contributed by atoms with Crippen molar-refractivity contribution < 1.29 is 23.0 Å². The predicted molar refractivity (Wildman–Crippen MR) is 159 cm³/mol. The van der Waals surface area contributed by atoms with Gasteiger partial charge in [0, 0.05) is 49.5 Å². The summed E-state index contributed by atoms with van der Waals surface area (Å²) in [5.41, 5.74) is -0.880. The Morgan fingerprint density at radius 3 is 2.37 bits per heavy atom. The predicted octanol–water partition coefficient (Wildman–Crippen LogP) is 5.37. The van der Waals surface area contributed by atoms with Crippen LogP contribution in [0.3, 0.4) is 0 Å². The lowest BCUT2D eigenvalue weighted by Crippen LogP contribution is -2.50. The van der Waals surface area contributed by atoms with E-state index in [0.717, 1.165) is 0 Å². The fourth-order valence-corrected chi connectivity index (χ4v) is 5.11. The molecule has 1 aliphatic heterocycles. The van der Waals surface area contributed by atoms with Crippen LogP contribution in [0.5, 0.6) is 5.75 Å². The highest BCUT2D eigenvalue weighted by atomic mass is 35.5. The molecule has 1 fully saturated rings. The monoisotopic (exact) mass is 611 g/mol. The summed E-state index contributed by atoms with van der Waals surface area (Å²) in [5, 5.41) is 3.54. The molecule has 0 spiro atoms. The SMILES string of the molecule is COc1cccc(F)c1-c1c(Cl)cc2c(N3CCN(C(=O)OC(C)(C)C)CC3)nc(CNCc3ncccn3)nc2c1F. The number of nitrogens with one attached hydrogen (secondary N) is 1. The van der Waals surface area contributed by atoms with Crippen molar-refractivity contribution >= 4 is 34.4 Å². The van der Waals surface area contributed by atoms with Crippen molar-refractivity contribution in [2.75, 3.05) is 38.2 Å². The molecule has 10 nitrogen and oxygen atoms in total. The Kier molecular flexibility index (Phi) is 8.88. The number of benzene rings is 2. The van der Waals surface area contributed by atoms with Gasteiger partial charge in [-0.15, -0.1) is 0 Å². The Labute approximate surface area is 253 Å². The molecule has 5 rings (SSSR count). The van der Waals surface area contributed by atoms with Gasteiger partial charge in [-0.1, -0.05) is 17.7 Å². The quantitative estimate of drug-likeness (QED) is 0.295. The lowest BCUT2D eigenvalue weighted by atomic mass is 10.0. The molecule has 13 heteroatoms. The average molecular weight is 612 g/mol. The molecule has 1 N–H and O–H groups in total. The molecule has 0 atom stereocenters. The lowest BCUT2D eigenvalue weighted by molar-refractivity contribution is 0.0240. The summed E-state index contributed by atoms with van der Waals surface area (Å²) in [4.78, 5) is 33.9. The van der Waals surface area contributed by atoms with Crippen molar-refractivity contribution in [3.8, 4) is 16.9 Å². The Balaban J connectivity index is 1.53. The van der Waals surface area contributed by atoms with Crippen molar-refractivity contribution in [2.24, 2.45) is 0 Å². The highest BCUT2D eigenvalue weighted by Gasteiger charge is 2.29. The van der Waals surface area contributed by atoms with Crippen molar-refractivity contribution in [1.82, 2.24) is 30.2 Å². The van der Waals surface area contributed by atoms with Gasteiger partial charge in [0.1, 0.15) is 40.2 Å². The number of halogens is 3. The maximum atomic E-state index is 16.4. The Morgan fingerprint density at radius 2 is 1.70 bits per heavy atom. The van der Waals surface area contributed by atoms with E-state index in [9.17, 15) is 4.79 Å². The van der Waals surface area contributed by atoms with Gasteiger partial charge in [-0.2, -0.15) is 0 Å². The molecule has 1 aliphatic rings. The molecule has 0 aliphatic carbocycles. The van der Waals surface area contributed by atoms with Gasteiger partial charge in [0.2, 0.25) is 0 Å². The van der Waals surface area contributed by atoms with Crippen molar-refractivity contribution in [2.45, 2.75) is 39.5 Å². The van der Waals surface area contributed by atoms with E-state index in [4.69, 9.17) is 26.1 Å². The van der Waals surface area contributed by atoms with E-state index in [1.165, 1.54) is 25.3 Å². The van der Waals surface area contributed by atoms with Crippen LogP contribution in [0.1, 0.15) is 32.4 Å². The lowest BCUT2D eigenvalue weighted by Gasteiger charge is -2.36. The fourth-order valence-electron chi connectivity index (χ4n) is 4.83. The third-order valence-corrected chi connectivity index (χ3v) is 7.07. The second-order valence-corrected chi connectivity index (χ2v) is 11.4. The second kappa shape index (κ2) is 12.6. The number of piperazine rings is 1. The number of ether oxygens (including phenoxy) is 2. The molecule has 226 valence electrons. The normalized spacial score (nSPS) is 13.8. The maximum absolute atomic E-state index is 16.4. The number of rotatable bonds is 7. The van der Waals surface area contributed by atoms with Crippen molar-refractivity contribution in [1.29, 1.82) is 0 Å². The van der Waals surface area contributed by atoms with Crippen LogP contribution in [-0.2, 0) is 17.8 Å². The first-order valence-corrected chi connectivity index (χ1v) is 14.1. The number of hydrogen-bond acceptors (Lipinski definition) is 9. The van der Waals surface area contributed by atoms with E-state index >= 15 is 8.78 Å². The Bertz CT molecular complexity index is 1630. The summed E-state index contributed by atoms with van der Waals surface area (Å²) >= 11 is 6.64. The van der Waals surface area contributed by atoms with E-state index < -0.39 is 23.3 Å². The van der Waals surface area contributed by atoms with Gasteiger partial charge in [-0.25, -0.2) is 33.5 Å². The summed E-state index contributed by atoms with van der Waals surface area (Å²) in [6, 6.07) is 7.50. The first-order valence-electron chi connectivity index (χ1n) is 13.8. The van der Waals surface area contributed by atoms with Gasteiger partial charge in [0.15, 0.2) is 5.82 Å². The third-order valence-electron chi connectivity index (χ3n) is 6.77. The molecule has 4 aromatic rings. The van der Waals surface area contributed by atoms with E-state index in [2.05, 4.69) is 20.3 Å². The number of carbonyl (C=O) groups excluding carboxylic acids is 1. The van der Waals surface area contributed by atoms with Crippen molar-refractivity contribution in [3.05, 3.63) is 71.0 Å². The topological polar surface area (TPSA) is 106 Å². The van der Waals surface area contributed by atoms with Gasteiger partial charge < -0.3 is 24.6 Å². The summed E-state index contributed by atoms with van der Waals surface area (Å²) in [6.07, 6.45) is 2.89. The van der Waals surface area contributed by atoms with Crippen LogP contribution in [0.15, 0.2) is 42.7 Å². The number of fused-ring (bicyclic) bond motifs is 1. The third kappa shape index (κ3) is 6.75. The fraction of sp³-hybridized carbons (Fsp3) is 0.367. The number of aromatic nitrogens is 4. The zero-order valence-corrected chi connectivity index (χ0v) is 25.1. The molecule has 3 heterocycles. The maximum Gasteiger partial charge on any atom is 0.410 e. The van der Waals surface area contributed by atoms with Crippen LogP contribution in [0.2, 0.25) is 5.02 Å². The minimum atomic E-state index is -0.797. The number of amides is 1. The number of anilines is 1. The standard InChI is InChI=1S/C30H32ClF2N7O3/c1-30(2,3)43-29(41)40-13-11-39(12-14-40)28-18-15-19(31)24(25-20(32)7-5-8-21(25)42-4)26(33)27(18)37-23(38-28)17-34-16-22-35-9-6-10-36-22/h5-10,15,34H,11-14,16-17H2,1-4H3. The van der Waals surface area contributed by atoms with E-state index in [1.54, 1.807) is 29.4 Å². The van der Waals surface area contributed by atoms with Crippen molar-refractivity contribution in [3.63, 3.8) is 0 Å². The van der Waals surface area contributed by atoms with Crippen LogP contribution in [0.25, 0.3) is 22.0 Å². The number of hydrogen-bond donors (Lipinski definition) is 1. The van der Waals surface area contributed by atoms with Crippen LogP contribution in [-0.4, -0.2) is 69.8 Å². The number of nitrogens with zero attached hydrogens (tertiary/aromatic N) is 6. The summed E-state index contributed by atoms with van der Waals surface area (Å²) in [7, 11) is 1.38. The van der Waals surface area contributed by atoms with E-state index in [0.29, 0.717) is 55.6 Å². The molecule has 0 saturated carbocycles. The number of carbonyl (C=O) groups is 1. The highest BCUT2D eigenvalue weighted by molar-refractivity contribution is 6.34. The molecule has 0 bridgehead atoms. The highest BCUT2D eigenvalue weighted by Crippen LogP contribution is 2.42. The molecule has 43 heavy (non-hydrogen) atoms. The van der Waals surface area contributed by atoms with Gasteiger partial charge in [-0.3, -0.25) is 0 Å². The van der Waals surface area contributed by atoms with Crippen LogP contribution in [0.4, 0.5) is 19.4 Å². The zero-order chi connectivity index (χ0) is 30.7.